The van der Waals surface area contributed by atoms with Crippen LogP contribution < -0.4 is 5.73 Å². The summed E-state index contributed by atoms with van der Waals surface area (Å²) >= 11 is 0. The second-order valence-electron chi connectivity index (χ2n) is 5.65. The molecule has 2 rings (SSSR count). The molecule has 0 atom stereocenters. The Morgan fingerprint density at radius 2 is 2.00 bits per heavy atom. The number of nitrogen functional groups attached to an aromatic ring is 1. The van der Waals surface area contributed by atoms with Crippen LogP contribution in [0.2, 0.25) is 0 Å². The molecule has 2 N–H and O–H groups in total. The van der Waals surface area contributed by atoms with E-state index in [1.54, 1.807) is 7.05 Å². The van der Waals surface area contributed by atoms with Crippen LogP contribution in [0.3, 0.4) is 0 Å². The number of sulfonamides is 1. The van der Waals surface area contributed by atoms with E-state index >= 15 is 0 Å². The molecule has 21 heavy (non-hydrogen) atoms. The normalized spacial score (nSPS) is 16.8. The topological polar surface area (TPSA) is 87.2 Å². The van der Waals surface area contributed by atoms with Crippen molar-refractivity contribution in [2.24, 2.45) is 5.92 Å². The molecule has 1 saturated carbocycles. The molecule has 0 spiro atoms. The third kappa shape index (κ3) is 3.55. The van der Waals surface area contributed by atoms with Crippen LogP contribution in [0.5, 0.6) is 0 Å². The van der Waals surface area contributed by atoms with Crippen molar-refractivity contribution in [3.8, 4) is 6.07 Å². The summed E-state index contributed by atoms with van der Waals surface area (Å²) in [5, 5.41) is 8.82. The molecule has 5 nitrogen and oxygen atoms in total. The predicted molar refractivity (Wildman–Crippen MR) is 82.0 cm³/mol. The summed E-state index contributed by atoms with van der Waals surface area (Å²) in [6, 6.07) is 6.26. The van der Waals surface area contributed by atoms with Gasteiger partial charge in [0.05, 0.1) is 17.3 Å². The minimum atomic E-state index is -3.60. The Labute approximate surface area is 126 Å². The van der Waals surface area contributed by atoms with Crippen LogP contribution in [-0.4, -0.2) is 26.3 Å². The Kier molecular flexibility index (Phi) is 4.86. The lowest BCUT2D eigenvalue weighted by Crippen LogP contribution is -2.33. The van der Waals surface area contributed by atoms with E-state index in [0.29, 0.717) is 18.0 Å². The van der Waals surface area contributed by atoms with Gasteiger partial charge in [0.15, 0.2) is 0 Å². The maximum absolute atomic E-state index is 12.6. The van der Waals surface area contributed by atoms with Gasteiger partial charge in [-0.15, -0.1) is 0 Å². The number of nitrogens with two attached hydrogens (primary N) is 1. The highest BCUT2D eigenvalue weighted by molar-refractivity contribution is 7.89. The van der Waals surface area contributed by atoms with Gasteiger partial charge in [-0.1, -0.05) is 19.3 Å². The fourth-order valence-corrected chi connectivity index (χ4v) is 4.19. The summed E-state index contributed by atoms with van der Waals surface area (Å²) in [4.78, 5) is 0.0832. The van der Waals surface area contributed by atoms with E-state index in [9.17, 15) is 8.42 Å². The van der Waals surface area contributed by atoms with Gasteiger partial charge in [0.2, 0.25) is 10.0 Å². The number of nitrogens with zero attached hydrogens (tertiary/aromatic N) is 2. The molecule has 114 valence electrons. The second kappa shape index (κ2) is 6.46. The molecule has 1 aliphatic carbocycles. The molecular formula is C15H21N3O2S. The summed E-state index contributed by atoms with van der Waals surface area (Å²) in [6.45, 7) is 0.530. The quantitative estimate of drug-likeness (QED) is 0.865. The smallest absolute Gasteiger partial charge is 0.244 e. The average Bonchev–Trinajstić information content (AvgIpc) is 2.47. The van der Waals surface area contributed by atoms with E-state index in [2.05, 4.69) is 0 Å². The SMILES string of the molecule is CN(CC1CCCCC1)S(=O)(=O)c1ccc(C#N)cc1N. The van der Waals surface area contributed by atoms with Gasteiger partial charge in [0.25, 0.3) is 0 Å². The fraction of sp³-hybridized carbons (Fsp3) is 0.533. The van der Waals surface area contributed by atoms with Crippen molar-refractivity contribution in [1.29, 1.82) is 5.26 Å². The van der Waals surface area contributed by atoms with E-state index in [1.165, 1.54) is 41.8 Å². The maximum Gasteiger partial charge on any atom is 0.244 e. The standard InChI is InChI=1S/C15H21N3O2S/c1-18(11-12-5-3-2-4-6-12)21(19,20)15-8-7-13(10-16)9-14(15)17/h7-9,12H,2-6,11,17H2,1H3. The molecule has 0 aromatic heterocycles. The zero-order chi connectivity index (χ0) is 15.5. The number of benzene rings is 1. The molecule has 0 amide bonds. The van der Waals surface area contributed by atoms with E-state index in [-0.39, 0.29) is 10.6 Å². The number of hydrogen-bond donors (Lipinski definition) is 1. The van der Waals surface area contributed by atoms with Crippen LogP contribution in [0.15, 0.2) is 23.1 Å². The number of rotatable bonds is 4. The van der Waals surface area contributed by atoms with E-state index in [0.717, 1.165) is 12.8 Å². The van der Waals surface area contributed by atoms with Gasteiger partial charge in [0.1, 0.15) is 4.90 Å². The molecular weight excluding hydrogens is 286 g/mol. The third-order valence-electron chi connectivity index (χ3n) is 4.07. The van der Waals surface area contributed by atoms with Crippen LogP contribution in [0.25, 0.3) is 0 Å². The predicted octanol–water partition coefficient (Wildman–Crippen LogP) is 2.34. The van der Waals surface area contributed by atoms with Gasteiger partial charge >= 0.3 is 0 Å². The van der Waals surface area contributed by atoms with Crippen LogP contribution in [0, 0.1) is 17.2 Å². The first-order valence-corrected chi connectivity index (χ1v) is 8.65. The molecule has 0 radical (unpaired) electrons. The monoisotopic (exact) mass is 307 g/mol. The summed E-state index contributed by atoms with van der Waals surface area (Å²) in [6.07, 6.45) is 5.77. The molecule has 0 heterocycles. The van der Waals surface area contributed by atoms with Gasteiger partial charge in [-0.3, -0.25) is 0 Å². The lowest BCUT2D eigenvalue weighted by atomic mass is 9.89. The molecule has 0 saturated heterocycles. The Morgan fingerprint density at radius 1 is 1.33 bits per heavy atom. The van der Waals surface area contributed by atoms with Gasteiger partial charge in [-0.25, -0.2) is 12.7 Å². The van der Waals surface area contributed by atoms with Gasteiger partial charge in [-0.2, -0.15) is 5.26 Å². The first kappa shape index (κ1) is 15.8. The van der Waals surface area contributed by atoms with E-state index < -0.39 is 10.0 Å². The van der Waals surface area contributed by atoms with Crippen molar-refractivity contribution in [2.45, 2.75) is 37.0 Å². The Morgan fingerprint density at radius 3 is 2.57 bits per heavy atom. The van der Waals surface area contributed by atoms with Crippen molar-refractivity contribution >= 4 is 15.7 Å². The molecule has 0 aliphatic heterocycles. The molecule has 1 aromatic carbocycles. The molecule has 1 aliphatic rings. The van der Waals surface area contributed by atoms with Crippen molar-refractivity contribution in [3.05, 3.63) is 23.8 Å². The summed E-state index contributed by atoms with van der Waals surface area (Å²) < 4.78 is 26.6. The van der Waals surface area contributed by atoms with Gasteiger partial charge in [-0.05, 0) is 37.0 Å². The highest BCUT2D eigenvalue weighted by Crippen LogP contribution is 2.27. The third-order valence-corrected chi connectivity index (χ3v) is 5.96. The van der Waals surface area contributed by atoms with Crippen LogP contribution in [0.1, 0.15) is 37.7 Å². The van der Waals surface area contributed by atoms with Crippen molar-refractivity contribution < 1.29 is 8.42 Å². The summed E-state index contributed by atoms with van der Waals surface area (Å²) in [7, 11) is -2.00. The zero-order valence-corrected chi connectivity index (χ0v) is 13.1. The van der Waals surface area contributed by atoms with E-state index in [1.807, 2.05) is 6.07 Å². The first-order valence-electron chi connectivity index (χ1n) is 7.21. The minimum Gasteiger partial charge on any atom is -0.398 e. The lowest BCUT2D eigenvalue weighted by molar-refractivity contribution is 0.300. The van der Waals surface area contributed by atoms with Crippen molar-refractivity contribution in [3.63, 3.8) is 0 Å². The molecule has 0 bridgehead atoms. The van der Waals surface area contributed by atoms with Crippen molar-refractivity contribution in [2.75, 3.05) is 19.3 Å². The maximum atomic E-state index is 12.6. The average molecular weight is 307 g/mol. The summed E-state index contributed by atoms with van der Waals surface area (Å²) in [5.41, 5.74) is 6.29. The number of hydrogen-bond acceptors (Lipinski definition) is 4. The molecule has 1 fully saturated rings. The minimum absolute atomic E-state index is 0.0832. The van der Waals surface area contributed by atoms with Crippen LogP contribution in [-0.2, 0) is 10.0 Å². The highest BCUT2D eigenvalue weighted by atomic mass is 32.2. The number of nitriles is 1. The van der Waals surface area contributed by atoms with E-state index in [4.69, 9.17) is 11.0 Å². The molecule has 6 heteroatoms. The number of anilines is 1. The largest absolute Gasteiger partial charge is 0.398 e. The molecule has 1 aromatic rings. The zero-order valence-electron chi connectivity index (χ0n) is 12.2. The Hall–Kier alpha value is -1.58. The van der Waals surface area contributed by atoms with Gasteiger partial charge in [0, 0.05) is 13.6 Å². The Bertz CT molecular complexity index is 643. The first-order chi connectivity index (χ1) is 9.95. The van der Waals surface area contributed by atoms with Crippen LogP contribution >= 0.6 is 0 Å². The lowest BCUT2D eigenvalue weighted by Gasteiger charge is -2.26. The summed E-state index contributed by atoms with van der Waals surface area (Å²) in [5.74, 6) is 0.429. The van der Waals surface area contributed by atoms with Crippen molar-refractivity contribution in [1.82, 2.24) is 4.31 Å². The Balaban J connectivity index is 2.18. The second-order valence-corrected chi connectivity index (χ2v) is 7.67. The highest BCUT2D eigenvalue weighted by Gasteiger charge is 2.26. The fourth-order valence-electron chi connectivity index (χ4n) is 2.85. The van der Waals surface area contributed by atoms with Gasteiger partial charge < -0.3 is 5.73 Å². The van der Waals surface area contributed by atoms with Crippen LogP contribution in [0.4, 0.5) is 5.69 Å². The molecule has 0 unspecified atom stereocenters.